The predicted octanol–water partition coefficient (Wildman–Crippen LogP) is 2.20. The van der Waals surface area contributed by atoms with Crippen molar-refractivity contribution in [1.29, 1.82) is 0 Å². The molecular formula is C16H23N3O4. The van der Waals surface area contributed by atoms with E-state index in [0.717, 1.165) is 0 Å². The Kier molecular flexibility index (Phi) is 7.05. The summed E-state index contributed by atoms with van der Waals surface area (Å²) < 4.78 is 0. The third kappa shape index (κ3) is 5.98. The van der Waals surface area contributed by atoms with Gasteiger partial charge in [0.25, 0.3) is 5.91 Å². The molecule has 0 heterocycles. The van der Waals surface area contributed by atoms with Crippen LogP contribution in [-0.2, 0) is 4.79 Å². The van der Waals surface area contributed by atoms with Crippen LogP contribution in [0.2, 0.25) is 0 Å². The minimum absolute atomic E-state index is 0.0445. The van der Waals surface area contributed by atoms with Gasteiger partial charge in [0.1, 0.15) is 6.04 Å². The van der Waals surface area contributed by atoms with Gasteiger partial charge in [0.15, 0.2) is 0 Å². The summed E-state index contributed by atoms with van der Waals surface area (Å²) in [5, 5.41) is 16.9. The highest BCUT2D eigenvalue weighted by Crippen LogP contribution is 2.15. The Bertz CT molecular complexity index is 572. The highest BCUT2D eigenvalue weighted by atomic mass is 16.4. The van der Waals surface area contributed by atoms with E-state index in [9.17, 15) is 14.4 Å². The van der Waals surface area contributed by atoms with Crippen molar-refractivity contribution in [3.8, 4) is 0 Å². The fourth-order valence-electron chi connectivity index (χ4n) is 1.99. The summed E-state index contributed by atoms with van der Waals surface area (Å²) in [5.41, 5.74) is 0.539. The van der Waals surface area contributed by atoms with Crippen LogP contribution in [0.4, 0.5) is 10.5 Å². The van der Waals surface area contributed by atoms with Crippen molar-refractivity contribution in [2.24, 2.45) is 0 Å². The normalized spacial score (nSPS) is 11.7. The van der Waals surface area contributed by atoms with Crippen LogP contribution in [-0.4, -0.2) is 35.1 Å². The topological polar surface area (TPSA) is 108 Å². The third-order valence-corrected chi connectivity index (χ3v) is 3.02. The molecule has 1 aromatic rings. The van der Waals surface area contributed by atoms with E-state index in [1.807, 2.05) is 20.8 Å². The van der Waals surface area contributed by atoms with Gasteiger partial charge in [-0.05, 0) is 32.4 Å². The monoisotopic (exact) mass is 321 g/mol. The first-order chi connectivity index (χ1) is 10.8. The summed E-state index contributed by atoms with van der Waals surface area (Å²) in [6.45, 7) is 5.48. The van der Waals surface area contributed by atoms with Gasteiger partial charge in [-0.2, -0.15) is 0 Å². The van der Waals surface area contributed by atoms with Crippen molar-refractivity contribution < 1.29 is 19.5 Å². The number of carboxylic acid groups (broad SMARTS) is 1. The lowest BCUT2D eigenvalue weighted by Crippen LogP contribution is -2.41. The van der Waals surface area contributed by atoms with Gasteiger partial charge in [-0.1, -0.05) is 25.5 Å². The average molecular weight is 321 g/mol. The van der Waals surface area contributed by atoms with Crippen LogP contribution in [0.1, 0.15) is 44.0 Å². The molecule has 7 nitrogen and oxygen atoms in total. The summed E-state index contributed by atoms with van der Waals surface area (Å²) in [6.07, 6.45) is 0.971. The number of amides is 3. The van der Waals surface area contributed by atoms with Crippen molar-refractivity contribution in [1.82, 2.24) is 10.6 Å². The third-order valence-electron chi connectivity index (χ3n) is 3.02. The standard InChI is InChI=1S/C16H23N3O4/c1-4-7-13(15(21)22)18-14(20)11-8-5-6-9-12(11)19-16(23)17-10(2)3/h5-6,8-10,13H,4,7H2,1-3H3,(H,18,20)(H,21,22)(H2,17,19,23). The maximum atomic E-state index is 12.3. The molecule has 1 aromatic carbocycles. The summed E-state index contributed by atoms with van der Waals surface area (Å²) in [5.74, 6) is -1.62. The van der Waals surface area contributed by atoms with Crippen LogP contribution < -0.4 is 16.0 Å². The largest absolute Gasteiger partial charge is 0.480 e. The molecule has 0 radical (unpaired) electrons. The number of hydrogen-bond acceptors (Lipinski definition) is 3. The van der Waals surface area contributed by atoms with Crippen LogP contribution in [0.3, 0.4) is 0 Å². The lowest BCUT2D eigenvalue weighted by Gasteiger charge is -2.16. The Morgan fingerprint density at radius 1 is 1.13 bits per heavy atom. The van der Waals surface area contributed by atoms with Crippen molar-refractivity contribution >= 4 is 23.6 Å². The number of urea groups is 1. The second kappa shape index (κ2) is 8.77. The molecule has 3 amide bonds. The molecule has 0 saturated heterocycles. The molecule has 1 atom stereocenters. The van der Waals surface area contributed by atoms with E-state index in [1.54, 1.807) is 18.2 Å². The van der Waals surface area contributed by atoms with Crippen LogP contribution >= 0.6 is 0 Å². The molecule has 0 fully saturated rings. The summed E-state index contributed by atoms with van der Waals surface area (Å²) >= 11 is 0. The zero-order valence-electron chi connectivity index (χ0n) is 13.6. The molecule has 7 heteroatoms. The molecule has 1 rings (SSSR count). The zero-order valence-corrected chi connectivity index (χ0v) is 13.6. The van der Waals surface area contributed by atoms with Crippen LogP contribution in [0.25, 0.3) is 0 Å². The van der Waals surface area contributed by atoms with E-state index in [-0.39, 0.29) is 11.6 Å². The van der Waals surface area contributed by atoms with Crippen molar-refractivity contribution in [2.75, 3.05) is 5.32 Å². The first-order valence-corrected chi connectivity index (χ1v) is 7.55. The highest BCUT2D eigenvalue weighted by molar-refractivity contribution is 6.04. The summed E-state index contributed by atoms with van der Waals surface area (Å²) in [4.78, 5) is 35.2. The van der Waals surface area contributed by atoms with Crippen LogP contribution in [0.5, 0.6) is 0 Å². The number of anilines is 1. The van der Waals surface area contributed by atoms with Crippen molar-refractivity contribution in [3.63, 3.8) is 0 Å². The van der Waals surface area contributed by atoms with Gasteiger partial charge in [-0.25, -0.2) is 9.59 Å². The van der Waals surface area contributed by atoms with Gasteiger partial charge >= 0.3 is 12.0 Å². The minimum atomic E-state index is -1.08. The summed E-state index contributed by atoms with van der Waals surface area (Å²) in [6, 6.07) is 5.03. The highest BCUT2D eigenvalue weighted by Gasteiger charge is 2.21. The van der Waals surface area contributed by atoms with Crippen LogP contribution in [0.15, 0.2) is 24.3 Å². The van der Waals surface area contributed by atoms with Gasteiger partial charge in [0, 0.05) is 6.04 Å². The maximum Gasteiger partial charge on any atom is 0.326 e. The Balaban J connectivity index is 2.88. The first kappa shape index (κ1) is 18.5. The van der Waals surface area contributed by atoms with E-state index in [1.165, 1.54) is 6.07 Å². The molecule has 0 aliphatic carbocycles. The number of benzene rings is 1. The van der Waals surface area contributed by atoms with Gasteiger partial charge in [-0.15, -0.1) is 0 Å². The number of aliphatic carboxylic acids is 1. The molecule has 23 heavy (non-hydrogen) atoms. The number of hydrogen-bond donors (Lipinski definition) is 4. The van der Waals surface area contributed by atoms with E-state index >= 15 is 0 Å². The Hall–Kier alpha value is -2.57. The van der Waals surface area contributed by atoms with E-state index in [2.05, 4.69) is 16.0 Å². The molecule has 126 valence electrons. The number of carbonyl (C=O) groups excluding carboxylic acids is 2. The molecule has 0 aliphatic rings. The van der Waals surface area contributed by atoms with Gasteiger partial charge in [-0.3, -0.25) is 4.79 Å². The van der Waals surface area contributed by atoms with Gasteiger partial charge in [0.2, 0.25) is 0 Å². The first-order valence-electron chi connectivity index (χ1n) is 7.55. The van der Waals surface area contributed by atoms with E-state index in [0.29, 0.717) is 18.5 Å². The average Bonchev–Trinajstić information content (AvgIpc) is 2.46. The molecule has 0 spiro atoms. The maximum absolute atomic E-state index is 12.3. The predicted molar refractivity (Wildman–Crippen MR) is 87.5 cm³/mol. The number of carboxylic acids is 1. The molecule has 0 aromatic heterocycles. The smallest absolute Gasteiger partial charge is 0.326 e. The Morgan fingerprint density at radius 3 is 2.35 bits per heavy atom. The van der Waals surface area contributed by atoms with Gasteiger partial charge < -0.3 is 21.1 Å². The lowest BCUT2D eigenvalue weighted by atomic mass is 10.1. The lowest BCUT2D eigenvalue weighted by molar-refractivity contribution is -0.139. The second-order valence-electron chi connectivity index (χ2n) is 5.45. The zero-order chi connectivity index (χ0) is 17.4. The molecule has 0 bridgehead atoms. The number of carbonyl (C=O) groups is 3. The number of nitrogens with one attached hydrogen (secondary N) is 3. The molecule has 1 unspecified atom stereocenters. The van der Waals surface area contributed by atoms with Crippen LogP contribution in [0, 0.1) is 0 Å². The van der Waals surface area contributed by atoms with Crippen molar-refractivity contribution in [3.05, 3.63) is 29.8 Å². The quantitative estimate of drug-likeness (QED) is 0.617. The Labute approximate surface area is 135 Å². The minimum Gasteiger partial charge on any atom is -0.480 e. The van der Waals surface area contributed by atoms with Crippen molar-refractivity contribution in [2.45, 2.75) is 45.7 Å². The number of rotatable bonds is 7. The molecule has 4 N–H and O–H groups in total. The van der Waals surface area contributed by atoms with E-state index in [4.69, 9.17) is 5.11 Å². The fourth-order valence-corrected chi connectivity index (χ4v) is 1.99. The Morgan fingerprint density at radius 2 is 1.78 bits per heavy atom. The fraction of sp³-hybridized carbons (Fsp3) is 0.438. The van der Waals surface area contributed by atoms with E-state index < -0.39 is 23.9 Å². The molecule has 0 saturated carbocycles. The SMILES string of the molecule is CCCC(NC(=O)c1ccccc1NC(=O)NC(C)C)C(=O)O. The molecular weight excluding hydrogens is 298 g/mol. The molecule has 0 aliphatic heterocycles. The second-order valence-corrected chi connectivity index (χ2v) is 5.45. The summed E-state index contributed by atoms with van der Waals surface area (Å²) in [7, 11) is 0. The van der Waals surface area contributed by atoms with Gasteiger partial charge in [0.05, 0.1) is 11.3 Å². The number of para-hydroxylation sites is 1.